The molecule has 1 atom stereocenters. The highest BCUT2D eigenvalue weighted by Gasteiger charge is 2.19. The Morgan fingerprint density at radius 2 is 1.95 bits per heavy atom. The lowest BCUT2D eigenvalue weighted by Gasteiger charge is -2.15. The van der Waals surface area contributed by atoms with Crippen LogP contribution in [-0.4, -0.2) is 17.1 Å². The van der Waals surface area contributed by atoms with Crippen LogP contribution in [0.2, 0.25) is 0 Å². The van der Waals surface area contributed by atoms with Crippen LogP contribution in [0.4, 0.5) is 0 Å². The second kappa shape index (κ2) is 5.62. The number of amides is 1. The fourth-order valence-electron chi connectivity index (χ4n) is 2.01. The molecule has 0 bridgehead atoms. The number of benzene rings is 2. The number of nitrogens with zero attached hydrogens (tertiary/aromatic N) is 1. The zero-order valence-corrected chi connectivity index (χ0v) is 11.4. The van der Waals surface area contributed by atoms with Crippen molar-refractivity contribution >= 4 is 16.7 Å². The summed E-state index contributed by atoms with van der Waals surface area (Å²) in [6.07, 6.45) is 0. The summed E-state index contributed by atoms with van der Waals surface area (Å²) in [5, 5.41) is 23.3. The van der Waals surface area contributed by atoms with Crippen LogP contribution in [0.5, 0.6) is 5.75 Å². The smallest absolute Gasteiger partial charge is 0.256 e. The molecule has 0 saturated carbocycles. The average molecular weight is 268 g/mol. The van der Waals surface area contributed by atoms with Gasteiger partial charge in [-0.05, 0) is 17.4 Å². The molecule has 0 spiro atoms. The highest BCUT2D eigenvalue weighted by molar-refractivity contribution is 6.03. The van der Waals surface area contributed by atoms with Crippen molar-refractivity contribution in [3.63, 3.8) is 0 Å². The lowest BCUT2D eigenvalue weighted by molar-refractivity contribution is 0.0935. The Balaban J connectivity index is 2.36. The summed E-state index contributed by atoms with van der Waals surface area (Å²) in [5.74, 6) is -0.485. The van der Waals surface area contributed by atoms with Gasteiger partial charge in [0.25, 0.3) is 5.91 Å². The quantitative estimate of drug-likeness (QED) is 0.899. The Morgan fingerprint density at radius 3 is 2.60 bits per heavy atom. The maximum atomic E-state index is 12.2. The normalized spacial score (nSPS) is 12.1. The standard InChI is InChI=1S/C16H16N2O2/c1-10(2)14(9-17)18-16(20)13-8-7-11-5-3-4-6-12(11)15(13)19/h3-8,10,14,19H,1-2H3,(H,18,20). The molecule has 20 heavy (non-hydrogen) atoms. The highest BCUT2D eigenvalue weighted by Crippen LogP contribution is 2.28. The summed E-state index contributed by atoms with van der Waals surface area (Å²) in [4.78, 5) is 12.2. The van der Waals surface area contributed by atoms with E-state index in [1.54, 1.807) is 24.3 Å². The van der Waals surface area contributed by atoms with Gasteiger partial charge in [-0.3, -0.25) is 4.79 Å². The van der Waals surface area contributed by atoms with Crippen LogP contribution >= 0.6 is 0 Å². The van der Waals surface area contributed by atoms with Crippen molar-refractivity contribution in [2.24, 2.45) is 5.92 Å². The van der Waals surface area contributed by atoms with Crippen molar-refractivity contribution in [2.75, 3.05) is 0 Å². The lowest BCUT2D eigenvalue weighted by Crippen LogP contribution is -2.37. The van der Waals surface area contributed by atoms with Gasteiger partial charge in [-0.1, -0.05) is 44.2 Å². The van der Waals surface area contributed by atoms with Crippen LogP contribution in [-0.2, 0) is 0 Å². The third-order valence-electron chi connectivity index (χ3n) is 3.24. The monoisotopic (exact) mass is 268 g/mol. The average Bonchev–Trinajstić information content (AvgIpc) is 2.44. The van der Waals surface area contributed by atoms with E-state index in [0.717, 1.165) is 5.39 Å². The van der Waals surface area contributed by atoms with Gasteiger partial charge in [0, 0.05) is 5.39 Å². The number of nitriles is 1. The van der Waals surface area contributed by atoms with Gasteiger partial charge in [0.2, 0.25) is 0 Å². The van der Waals surface area contributed by atoms with E-state index in [1.807, 2.05) is 32.0 Å². The van der Waals surface area contributed by atoms with E-state index in [1.165, 1.54) is 0 Å². The van der Waals surface area contributed by atoms with Crippen LogP contribution < -0.4 is 5.32 Å². The number of hydrogen-bond donors (Lipinski definition) is 2. The molecule has 2 aromatic rings. The van der Waals surface area contributed by atoms with Crippen molar-refractivity contribution in [3.8, 4) is 11.8 Å². The van der Waals surface area contributed by atoms with Crippen molar-refractivity contribution in [2.45, 2.75) is 19.9 Å². The van der Waals surface area contributed by atoms with Gasteiger partial charge in [-0.15, -0.1) is 0 Å². The zero-order chi connectivity index (χ0) is 14.7. The topological polar surface area (TPSA) is 73.1 Å². The highest BCUT2D eigenvalue weighted by atomic mass is 16.3. The second-order valence-corrected chi connectivity index (χ2v) is 5.01. The molecule has 0 aliphatic heterocycles. The summed E-state index contributed by atoms with van der Waals surface area (Å²) in [7, 11) is 0. The minimum atomic E-state index is -0.576. The Bertz CT molecular complexity index is 686. The zero-order valence-electron chi connectivity index (χ0n) is 11.4. The Labute approximate surface area is 117 Å². The maximum Gasteiger partial charge on any atom is 0.256 e. The molecular formula is C16H16N2O2. The minimum absolute atomic E-state index is 0.00606. The van der Waals surface area contributed by atoms with Crippen molar-refractivity contribution in [1.29, 1.82) is 5.26 Å². The number of nitrogens with one attached hydrogen (secondary N) is 1. The number of carbonyl (C=O) groups is 1. The van der Waals surface area contributed by atoms with Gasteiger partial charge in [0.05, 0.1) is 11.6 Å². The first-order valence-corrected chi connectivity index (χ1v) is 6.45. The molecule has 4 nitrogen and oxygen atoms in total. The van der Waals surface area contributed by atoms with Crippen LogP contribution in [0.25, 0.3) is 10.8 Å². The molecule has 0 fully saturated rings. The SMILES string of the molecule is CC(C)C(C#N)NC(=O)c1ccc2ccccc2c1O. The number of hydrogen-bond acceptors (Lipinski definition) is 3. The molecule has 4 heteroatoms. The fraction of sp³-hybridized carbons (Fsp3) is 0.250. The van der Waals surface area contributed by atoms with E-state index in [0.29, 0.717) is 5.39 Å². The predicted octanol–water partition coefficient (Wildman–Crippen LogP) is 2.82. The van der Waals surface area contributed by atoms with Gasteiger partial charge >= 0.3 is 0 Å². The van der Waals surface area contributed by atoms with Crippen LogP contribution in [0.15, 0.2) is 36.4 Å². The largest absolute Gasteiger partial charge is 0.506 e. The summed E-state index contributed by atoms with van der Waals surface area (Å²) < 4.78 is 0. The number of carbonyl (C=O) groups excluding carboxylic acids is 1. The van der Waals surface area contributed by atoms with Gasteiger partial charge < -0.3 is 10.4 Å². The molecule has 0 aromatic heterocycles. The first kappa shape index (κ1) is 13.9. The Hall–Kier alpha value is -2.54. The van der Waals surface area contributed by atoms with E-state index >= 15 is 0 Å². The van der Waals surface area contributed by atoms with E-state index in [9.17, 15) is 9.90 Å². The van der Waals surface area contributed by atoms with Crippen molar-refractivity contribution in [1.82, 2.24) is 5.32 Å². The Morgan fingerprint density at radius 1 is 1.25 bits per heavy atom. The van der Waals surface area contributed by atoms with Gasteiger partial charge in [0.15, 0.2) is 0 Å². The molecule has 1 unspecified atom stereocenters. The second-order valence-electron chi connectivity index (χ2n) is 5.01. The third-order valence-corrected chi connectivity index (χ3v) is 3.24. The van der Waals surface area contributed by atoms with Crippen molar-refractivity contribution < 1.29 is 9.90 Å². The van der Waals surface area contributed by atoms with Gasteiger partial charge in [-0.25, -0.2) is 0 Å². The molecular weight excluding hydrogens is 252 g/mol. The Kier molecular flexibility index (Phi) is 3.90. The van der Waals surface area contributed by atoms with Gasteiger partial charge in [-0.2, -0.15) is 5.26 Å². The summed E-state index contributed by atoms with van der Waals surface area (Å²) in [6, 6.07) is 12.1. The van der Waals surface area contributed by atoms with E-state index in [2.05, 4.69) is 5.32 Å². The van der Waals surface area contributed by atoms with E-state index < -0.39 is 11.9 Å². The van der Waals surface area contributed by atoms with E-state index in [4.69, 9.17) is 5.26 Å². The number of phenols is 1. The fourth-order valence-corrected chi connectivity index (χ4v) is 2.01. The van der Waals surface area contributed by atoms with Crippen LogP contribution in [0.1, 0.15) is 24.2 Å². The number of fused-ring (bicyclic) bond motifs is 1. The molecule has 0 heterocycles. The van der Waals surface area contributed by atoms with E-state index in [-0.39, 0.29) is 17.2 Å². The first-order valence-electron chi connectivity index (χ1n) is 6.45. The minimum Gasteiger partial charge on any atom is -0.506 e. The maximum absolute atomic E-state index is 12.2. The molecule has 0 radical (unpaired) electrons. The third kappa shape index (κ3) is 2.57. The first-order chi connectivity index (χ1) is 9.54. The molecule has 1 amide bonds. The van der Waals surface area contributed by atoms with Crippen molar-refractivity contribution in [3.05, 3.63) is 42.0 Å². The summed E-state index contributed by atoms with van der Waals surface area (Å²) in [5.41, 5.74) is 0.185. The molecule has 2 N–H and O–H groups in total. The molecule has 102 valence electrons. The van der Waals surface area contributed by atoms with Gasteiger partial charge in [0.1, 0.15) is 11.8 Å². The summed E-state index contributed by atoms with van der Waals surface area (Å²) >= 11 is 0. The predicted molar refractivity (Wildman–Crippen MR) is 77.3 cm³/mol. The molecule has 0 aliphatic rings. The van der Waals surface area contributed by atoms with Crippen LogP contribution in [0, 0.1) is 17.2 Å². The number of aromatic hydroxyl groups is 1. The number of rotatable bonds is 3. The summed E-state index contributed by atoms with van der Waals surface area (Å²) in [6.45, 7) is 3.71. The lowest BCUT2D eigenvalue weighted by atomic mass is 10.0. The molecule has 0 aliphatic carbocycles. The van der Waals surface area contributed by atoms with Crippen LogP contribution in [0.3, 0.4) is 0 Å². The number of phenolic OH excluding ortho intramolecular Hbond substituents is 1. The molecule has 2 rings (SSSR count). The molecule has 0 saturated heterocycles. The molecule has 2 aromatic carbocycles.